The molecule has 3 nitrogen and oxygen atoms in total. The normalized spacial score (nSPS) is 18.0. The molecule has 1 atom stereocenters. The lowest BCUT2D eigenvalue weighted by atomic mass is 10.1. The van der Waals surface area contributed by atoms with Gasteiger partial charge in [-0.3, -0.25) is 0 Å². The highest BCUT2D eigenvalue weighted by atomic mass is 35.5. The topological polar surface area (TPSA) is 28.2 Å². The van der Waals surface area contributed by atoms with E-state index in [9.17, 15) is 17.6 Å². The first-order chi connectivity index (χ1) is 11.8. The third kappa shape index (κ3) is 4.41. The number of hydrogen-bond donors (Lipinski definition) is 1. The summed E-state index contributed by atoms with van der Waals surface area (Å²) in [6.07, 6.45) is -2.09. The first-order valence-corrected chi connectivity index (χ1v) is 8.16. The van der Waals surface area contributed by atoms with E-state index in [4.69, 9.17) is 11.6 Å². The first kappa shape index (κ1) is 17.9. The fourth-order valence-corrected chi connectivity index (χ4v) is 3.04. The molecule has 1 aromatic carbocycles. The van der Waals surface area contributed by atoms with Gasteiger partial charge in [0, 0.05) is 30.7 Å². The Kier molecular flexibility index (Phi) is 5.15. The minimum atomic E-state index is -4.39. The summed E-state index contributed by atoms with van der Waals surface area (Å²) in [5, 5.41) is 3.54. The Morgan fingerprint density at radius 2 is 2.04 bits per heavy atom. The molecule has 8 heteroatoms. The maximum Gasteiger partial charge on any atom is 0.416 e. The average molecular weight is 374 g/mol. The summed E-state index contributed by atoms with van der Waals surface area (Å²) in [6.45, 7) is 1.69. The second-order valence-electron chi connectivity index (χ2n) is 5.96. The monoisotopic (exact) mass is 373 g/mol. The van der Waals surface area contributed by atoms with Crippen LogP contribution in [0.1, 0.15) is 17.5 Å². The lowest BCUT2D eigenvalue weighted by molar-refractivity contribution is -0.137. The van der Waals surface area contributed by atoms with E-state index in [2.05, 4.69) is 15.2 Å². The summed E-state index contributed by atoms with van der Waals surface area (Å²) >= 11 is 6.01. The van der Waals surface area contributed by atoms with Crippen LogP contribution in [0.3, 0.4) is 0 Å². The molecule has 0 radical (unpaired) electrons. The fourth-order valence-electron chi connectivity index (χ4n) is 2.86. The smallest absolute Gasteiger partial charge is 0.369 e. The molecule has 0 spiro atoms. The molecule has 1 unspecified atom stereocenters. The molecule has 0 amide bonds. The van der Waals surface area contributed by atoms with Crippen LogP contribution in [0, 0.1) is 5.95 Å². The van der Waals surface area contributed by atoms with E-state index in [1.54, 1.807) is 6.07 Å². The molecule has 1 saturated heterocycles. The predicted molar refractivity (Wildman–Crippen MR) is 88.1 cm³/mol. The van der Waals surface area contributed by atoms with Crippen molar-refractivity contribution in [3.63, 3.8) is 0 Å². The van der Waals surface area contributed by atoms with Crippen molar-refractivity contribution in [2.24, 2.45) is 0 Å². The molecule has 2 heterocycles. The number of hydrogen-bond acceptors (Lipinski definition) is 3. The number of nitrogens with one attached hydrogen (secondary N) is 1. The molecule has 1 aliphatic heterocycles. The Morgan fingerprint density at radius 1 is 1.24 bits per heavy atom. The zero-order chi connectivity index (χ0) is 18.0. The second kappa shape index (κ2) is 7.17. The second-order valence-corrected chi connectivity index (χ2v) is 6.36. The van der Waals surface area contributed by atoms with E-state index in [0.29, 0.717) is 17.1 Å². The van der Waals surface area contributed by atoms with Gasteiger partial charge in [0.05, 0.1) is 17.4 Å². The molecule has 1 aromatic heterocycles. The highest BCUT2D eigenvalue weighted by Crippen LogP contribution is 2.32. The van der Waals surface area contributed by atoms with Gasteiger partial charge in [-0.2, -0.15) is 17.6 Å². The van der Waals surface area contributed by atoms with Crippen LogP contribution in [-0.2, 0) is 12.7 Å². The number of benzene rings is 1. The number of halogens is 5. The molecule has 0 aliphatic carbocycles. The van der Waals surface area contributed by atoms with Crippen molar-refractivity contribution in [3.05, 3.63) is 58.6 Å². The quantitative estimate of drug-likeness (QED) is 0.641. The summed E-state index contributed by atoms with van der Waals surface area (Å²) in [5.74, 6) is -0.531. The summed E-state index contributed by atoms with van der Waals surface area (Å²) in [6, 6.07) is 6.39. The maximum absolute atomic E-state index is 12.9. The van der Waals surface area contributed by atoms with Gasteiger partial charge >= 0.3 is 6.18 Å². The summed E-state index contributed by atoms with van der Waals surface area (Å²) < 4.78 is 51.3. The molecule has 1 N–H and O–H groups in total. The molecular formula is C17H16ClF4N3. The van der Waals surface area contributed by atoms with Crippen molar-refractivity contribution in [2.75, 3.05) is 18.0 Å². The molecule has 2 aromatic rings. The van der Waals surface area contributed by atoms with Gasteiger partial charge in [-0.05, 0) is 42.3 Å². The number of nitrogens with zero attached hydrogens (tertiary/aromatic N) is 2. The van der Waals surface area contributed by atoms with Crippen LogP contribution in [-0.4, -0.2) is 24.1 Å². The molecule has 1 aliphatic rings. The fraction of sp³-hybridized carbons (Fsp3) is 0.353. The van der Waals surface area contributed by atoms with E-state index < -0.39 is 17.7 Å². The minimum absolute atomic E-state index is 0.107. The van der Waals surface area contributed by atoms with Gasteiger partial charge in [-0.1, -0.05) is 11.6 Å². The lowest BCUT2D eigenvalue weighted by Crippen LogP contribution is -2.32. The van der Waals surface area contributed by atoms with E-state index in [1.807, 2.05) is 0 Å². The summed E-state index contributed by atoms with van der Waals surface area (Å²) in [4.78, 5) is 5.69. The van der Waals surface area contributed by atoms with Crippen molar-refractivity contribution in [1.29, 1.82) is 0 Å². The number of anilines is 1. The van der Waals surface area contributed by atoms with E-state index in [-0.39, 0.29) is 12.6 Å². The standard InChI is InChI=1S/C17H16ClF4N3/c18-15-3-1-12(17(20,21)22)7-11(15)8-23-13-5-6-25(10-13)14-2-4-16(19)24-9-14/h1-4,7,9,13,23H,5-6,8,10H2. The van der Waals surface area contributed by atoms with Crippen LogP contribution in [0.5, 0.6) is 0 Å². The van der Waals surface area contributed by atoms with Crippen molar-refractivity contribution < 1.29 is 17.6 Å². The molecule has 3 rings (SSSR count). The first-order valence-electron chi connectivity index (χ1n) is 7.78. The zero-order valence-electron chi connectivity index (χ0n) is 13.2. The van der Waals surface area contributed by atoms with Gasteiger partial charge in [0.25, 0.3) is 0 Å². The predicted octanol–water partition coefficient (Wildman–Crippen LogP) is 4.26. The van der Waals surface area contributed by atoms with Crippen LogP contribution in [0.25, 0.3) is 0 Å². The van der Waals surface area contributed by atoms with Crippen molar-refractivity contribution >= 4 is 17.3 Å². The van der Waals surface area contributed by atoms with Crippen LogP contribution in [0.2, 0.25) is 5.02 Å². The largest absolute Gasteiger partial charge is 0.416 e. The number of rotatable bonds is 4. The zero-order valence-corrected chi connectivity index (χ0v) is 13.9. The Hall–Kier alpha value is -1.86. The number of pyridine rings is 1. The van der Waals surface area contributed by atoms with E-state index >= 15 is 0 Å². The van der Waals surface area contributed by atoms with Crippen LogP contribution in [0.4, 0.5) is 23.2 Å². The van der Waals surface area contributed by atoms with Crippen LogP contribution in [0.15, 0.2) is 36.5 Å². The van der Waals surface area contributed by atoms with Crippen molar-refractivity contribution in [2.45, 2.75) is 25.2 Å². The molecule has 0 bridgehead atoms. The highest BCUT2D eigenvalue weighted by Gasteiger charge is 2.31. The van der Waals surface area contributed by atoms with E-state index in [0.717, 1.165) is 30.8 Å². The van der Waals surface area contributed by atoms with Gasteiger partial charge in [0.2, 0.25) is 5.95 Å². The third-order valence-electron chi connectivity index (χ3n) is 4.22. The van der Waals surface area contributed by atoms with E-state index in [1.165, 1.54) is 18.3 Å². The van der Waals surface area contributed by atoms with Gasteiger partial charge in [0.1, 0.15) is 0 Å². The van der Waals surface area contributed by atoms with Gasteiger partial charge in [-0.15, -0.1) is 0 Å². The number of aromatic nitrogens is 1. The summed E-state index contributed by atoms with van der Waals surface area (Å²) in [7, 11) is 0. The van der Waals surface area contributed by atoms with Gasteiger partial charge in [0.15, 0.2) is 0 Å². The van der Waals surface area contributed by atoms with Crippen molar-refractivity contribution in [3.8, 4) is 0 Å². The molecular weight excluding hydrogens is 358 g/mol. The lowest BCUT2D eigenvalue weighted by Gasteiger charge is -2.19. The Bertz CT molecular complexity index is 734. The maximum atomic E-state index is 12.9. The van der Waals surface area contributed by atoms with Gasteiger partial charge in [-0.25, -0.2) is 4.98 Å². The Labute approximate surface area is 147 Å². The molecule has 25 heavy (non-hydrogen) atoms. The van der Waals surface area contributed by atoms with Gasteiger partial charge < -0.3 is 10.2 Å². The highest BCUT2D eigenvalue weighted by molar-refractivity contribution is 6.31. The molecule has 1 fully saturated rings. The summed E-state index contributed by atoms with van der Waals surface area (Å²) in [5.41, 5.74) is 0.528. The average Bonchev–Trinajstić information content (AvgIpc) is 3.02. The Morgan fingerprint density at radius 3 is 2.72 bits per heavy atom. The van der Waals surface area contributed by atoms with Crippen LogP contribution < -0.4 is 10.2 Å². The molecule has 134 valence electrons. The number of alkyl halides is 3. The Balaban J connectivity index is 1.60. The van der Waals surface area contributed by atoms with Crippen LogP contribution >= 0.6 is 11.6 Å². The molecule has 0 saturated carbocycles. The third-order valence-corrected chi connectivity index (χ3v) is 4.59. The SMILES string of the molecule is Fc1ccc(N2CCC(NCc3cc(C(F)(F)F)ccc3Cl)C2)cn1. The minimum Gasteiger partial charge on any atom is -0.369 e. The van der Waals surface area contributed by atoms with Crippen molar-refractivity contribution in [1.82, 2.24) is 10.3 Å².